The van der Waals surface area contributed by atoms with Crippen molar-refractivity contribution in [1.82, 2.24) is 4.98 Å². The van der Waals surface area contributed by atoms with Crippen LogP contribution in [-0.4, -0.2) is 29.6 Å². The monoisotopic (exact) mass is 418 g/mol. The maximum atomic E-state index is 13.7. The largest absolute Gasteiger partial charge is 0.465 e. The van der Waals surface area contributed by atoms with Gasteiger partial charge in [-0.25, -0.2) is 18.2 Å². The van der Waals surface area contributed by atoms with Crippen molar-refractivity contribution in [1.29, 1.82) is 0 Å². The fourth-order valence-electron chi connectivity index (χ4n) is 1.99. The summed E-state index contributed by atoms with van der Waals surface area (Å²) in [6, 6.07) is 3.28. The Labute approximate surface area is 161 Å². The molecule has 0 aliphatic heterocycles. The second-order valence-electron chi connectivity index (χ2n) is 5.07. The Balaban J connectivity index is 2.42. The quantitative estimate of drug-likeness (QED) is 0.226. The molecule has 0 spiro atoms. The number of ether oxygens (including phenoxy) is 1. The number of pyridine rings is 1. The van der Waals surface area contributed by atoms with Gasteiger partial charge in [0.15, 0.2) is 28.5 Å². The van der Waals surface area contributed by atoms with Crippen LogP contribution in [0, 0.1) is 23.4 Å². The molecule has 1 unspecified atom stereocenters. The fraction of sp³-hybridized carbons (Fsp3) is 0.176. The molecular weight excluding hydrogens is 408 g/mol. The standard InChI is InChI=1S/C17H11Cl2F3N2O3/c1-2-27-17(26)10(7-23-13-4-3-8(20)5-11(13)21)14(25)9-6-12(22)16(19)24-15(9)18/h3-7,10H,2H2,1H3. The highest BCUT2D eigenvalue weighted by Crippen LogP contribution is 2.24. The van der Waals surface area contributed by atoms with Gasteiger partial charge in [-0.15, -0.1) is 0 Å². The zero-order chi connectivity index (χ0) is 20.1. The number of benzene rings is 1. The molecule has 0 amide bonds. The molecule has 1 aromatic heterocycles. The van der Waals surface area contributed by atoms with Crippen molar-refractivity contribution in [3.05, 3.63) is 57.6 Å². The molecule has 2 rings (SSSR count). The highest BCUT2D eigenvalue weighted by Gasteiger charge is 2.30. The van der Waals surface area contributed by atoms with Crippen molar-refractivity contribution in [2.45, 2.75) is 6.92 Å². The number of hydrogen-bond acceptors (Lipinski definition) is 5. The normalized spacial score (nSPS) is 12.2. The molecule has 0 fully saturated rings. The molecular formula is C17H11Cl2F3N2O3. The number of rotatable bonds is 6. The van der Waals surface area contributed by atoms with Crippen molar-refractivity contribution >= 4 is 46.9 Å². The van der Waals surface area contributed by atoms with E-state index in [-0.39, 0.29) is 12.3 Å². The molecule has 0 aliphatic rings. The number of esters is 1. The minimum Gasteiger partial charge on any atom is -0.465 e. The number of nitrogens with zero attached hydrogens (tertiary/aromatic N) is 2. The minimum absolute atomic E-state index is 0.0533. The van der Waals surface area contributed by atoms with Crippen LogP contribution in [0.25, 0.3) is 0 Å². The van der Waals surface area contributed by atoms with E-state index in [0.717, 1.165) is 24.4 Å². The molecule has 0 radical (unpaired) electrons. The molecule has 1 aromatic carbocycles. The molecule has 1 atom stereocenters. The second-order valence-corrected chi connectivity index (χ2v) is 5.78. The SMILES string of the molecule is CCOC(=O)C(C=Nc1ccc(F)cc1F)C(=O)c1cc(F)c(Cl)nc1Cl. The van der Waals surface area contributed by atoms with E-state index in [4.69, 9.17) is 27.9 Å². The van der Waals surface area contributed by atoms with Crippen LogP contribution >= 0.6 is 23.2 Å². The molecule has 1 heterocycles. The van der Waals surface area contributed by atoms with Gasteiger partial charge in [-0.3, -0.25) is 14.6 Å². The maximum Gasteiger partial charge on any atom is 0.322 e. The average molecular weight is 419 g/mol. The topological polar surface area (TPSA) is 68.6 Å². The minimum atomic E-state index is -1.66. The van der Waals surface area contributed by atoms with E-state index in [9.17, 15) is 22.8 Å². The first kappa shape index (κ1) is 20.9. The summed E-state index contributed by atoms with van der Waals surface area (Å²) in [7, 11) is 0. The summed E-state index contributed by atoms with van der Waals surface area (Å²) >= 11 is 11.3. The Morgan fingerprint density at radius 2 is 1.89 bits per heavy atom. The van der Waals surface area contributed by atoms with Crippen LogP contribution in [0.1, 0.15) is 17.3 Å². The number of hydrogen-bond donors (Lipinski definition) is 0. The van der Waals surface area contributed by atoms with Gasteiger partial charge >= 0.3 is 5.97 Å². The Morgan fingerprint density at radius 1 is 1.19 bits per heavy atom. The lowest BCUT2D eigenvalue weighted by Crippen LogP contribution is -2.28. The summed E-state index contributed by atoms with van der Waals surface area (Å²) in [5.74, 6) is -6.49. The Bertz CT molecular complexity index is 923. The Hall–Kier alpha value is -2.45. The Morgan fingerprint density at radius 3 is 2.52 bits per heavy atom. The molecule has 2 aromatic rings. The van der Waals surface area contributed by atoms with Crippen LogP contribution in [0.15, 0.2) is 29.3 Å². The molecule has 27 heavy (non-hydrogen) atoms. The van der Waals surface area contributed by atoms with Gasteiger partial charge in [-0.2, -0.15) is 0 Å². The molecule has 142 valence electrons. The number of halogens is 5. The second kappa shape index (κ2) is 8.96. The number of carbonyl (C=O) groups is 2. The number of carbonyl (C=O) groups excluding carboxylic acids is 2. The summed E-state index contributed by atoms with van der Waals surface area (Å²) in [5.41, 5.74) is -0.743. The van der Waals surface area contributed by atoms with E-state index < -0.39 is 51.0 Å². The molecule has 5 nitrogen and oxygen atoms in total. The maximum absolute atomic E-state index is 13.7. The highest BCUT2D eigenvalue weighted by molar-refractivity contribution is 6.36. The van der Waals surface area contributed by atoms with Gasteiger partial charge < -0.3 is 4.74 Å². The summed E-state index contributed by atoms with van der Waals surface area (Å²) < 4.78 is 45.1. The van der Waals surface area contributed by atoms with Gasteiger partial charge in [0, 0.05) is 12.3 Å². The summed E-state index contributed by atoms with van der Waals surface area (Å²) in [6.45, 7) is 1.45. The lowest BCUT2D eigenvalue weighted by Gasteiger charge is -2.11. The molecule has 0 bridgehead atoms. The zero-order valence-electron chi connectivity index (χ0n) is 13.7. The average Bonchev–Trinajstić information content (AvgIpc) is 2.60. The first-order valence-corrected chi connectivity index (χ1v) is 8.21. The molecule has 0 saturated carbocycles. The number of aromatic nitrogens is 1. The Kier molecular flexibility index (Phi) is 6.92. The van der Waals surface area contributed by atoms with Gasteiger partial charge in [0.25, 0.3) is 0 Å². The van der Waals surface area contributed by atoms with Gasteiger partial charge in [-0.1, -0.05) is 23.2 Å². The van der Waals surface area contributed by atoms with E-state index in [1.54, 1.807) is 0 Å². The van der Waals surface area contributed by atoms with Crippen molar-refractivity contribution in [2.24, 2.45) is 10.9 Å². The third-order valence-electron chi connectivity index (χ3n) is 3.25. The summed E-state index contributed by atoms with van der Waals surface area (Å²) in [6.07, 6.45) is 0.805. The summed E-state index contributed by atoms with van der Waals surface area (Å²) in [4.78, 5) is 31.9. The third-order valence-corrected chi connectivity index (χ3v) is 3.80. The van der Waals surface area contributed by atoms with Crippen molar-refractivity contribution in [2.75, 3.05) is 6.61 Å². The van der Waals surface area contributed by atoms with Gasteiger partial charge in [0.1, 0.15) is 11.0 Å². The van der Waals surface area contributed by atoms with Crippen LogP contribution in [0.2, 0.25) is 10.3 Å². The predicted octanol–water partition coefficient (Wildman–Crippen LogP) is 4.57. The van der Waals surface area contributed by atoms with E-state index in [1.807, 2.05) is 0 Å². The summed E-state index contributed by atoms with van der Waals surface area (Å²) in [5, 5.41) is -0.978. The van der Waals surface area contributed by atoms with E-state index in [2.05, 4.69) is 9.98 Å². The number of aliphatic imine (C=N–C) groups is 1. The lowest BCUT2D eigenvalue weighted by molar-refractivity contribution is -0.143. The first-order valence-electron chi connectivity index (χ1n) is 7.46. The van der Waals surface area contributed by atoms with Crippen molar-refractivity contribution < 1.29 is 27.5 Å². The highest BCUT2D eigenvalue weighted by atomic mass is 35.5. The molecule has 0 N–H and O–H groups in total. The predicted molar refractivity (Wildman–Crippen MR) is 93.2 cm³/mol. The van der Waals surface area contributed by atoms with Crippen LogP contribution < -0.4 is 0 Å². The van der Waals surface area contributed by atoms with E-state index in [1.165, 1.54) is 6.92 Å². The number of ketones is 1. The first-order chi connectivity index (χ1) is 12.7. The van der Waals surface area contributed by atoms with Gasteiger partial charge in [-0.05, 0) is 25.1 Å². The van der Waals surface area contributed by atoms with Gasteiger partial charge in [0.05, 0.1) is 17.9 Å². The van der Waals surface area contributed by atoms with Crippen molar-refractivity contribution in [3.63, 3.8) is 0 Å². The third kappa shape index (κ3) is 5.05. The smallest absolute Gasteiger partial charge is 0.322 e. The van der Waals surface area contributed by atoms with Crippen LogP contribution in [0.5, 0.6) is 0 Å². The zero-order valence-corrected chi connectivity index (χ0v) is 15.2. The lowest BCUT2D eigenvalue weighted by atomic mass is 10.00. The molecule has 10 heteroatoms. The van der Waals surface area contributed by atoms with Gasteiger partial charge in [0.2, 0.25) is 0 Å². The molecule has 0 saturated heterocycles. The van der Waals surface area contributed by atoms with Crippen LogP contribution in [0.4, 0.5) is 18.9 Å². The van der Waals surface area contributed by atoms with Crippen LogP contribution in [-0.2, 0) is 9.53 Å². The van der Waals surface area contributed by atoms with Crippen molar-refractivity contribution in [3.8, 4) is 0 Å². The molecule has 0 aliphatic carbocycles. The number of Topliss-reactive ketones (excluding diaryl/α,β-unsaturated/α-hetero) is 1. The van der Waals surface area contributed by atoms with E-state index in [0.29, 0.717) is 6.07 Å². The van der Waals surface area contributed by atoms with E-state index >= 15 is 0 Å². The van der Waals surface area contributed by atoms with Crippen LogP contribution in [0.3, 0.4) is 0 Å². The fourth-order valence-corrected chi connectivity index (χ4v) is 2.41.